The van der Waals surface area contributed by atoms with Gasteiger partial charge in [0.05, 0.1) is 24.0 Å². The molecular formula is C25H24O7. The van der Waals surface area contributed by atoms with Crippen LogP contribution in [0.5, 0.6) is 17.2 Å². The lowest BCUT2D eigenvalue weighted by molar-refractivity contribution is -0.139. The second-order valence-electron chi connectivity index (χ2n) is 7.85. The minimum atomic E-state index is -0.460. The molecule has 32 heavy (non-hydrogen) atoms. The molecule has 0 saturated heterocycles. The van der Waals surface area contributed by atoms with E-state index in [0.717, 1.165) is 32.1 Å². The summed E-state index contributed by atoms with van der Waals surface area (Å²) in [7, 11) is 1.30. The quantitative estimate of drug-likeness (QED) is 0.403. The molecule has 0 amide bonds. The lowest BCUT2D eigenvalue weighted by atomic mass is 9.89. The van der Waals surface area contributed by atoms with Crippen LogP contribution in [0.4, 0.5) is 0 Å². The normalized spacial score (nSPS) is 14.2. The number of methoxy groups -OCH3 is 1. The lowest BCUT2D eigenvalue weighted by Crippen LogP contribution is -2.22. The standard InChI is InChI=1S/C25H24O7/c1-15-23(31-18-10-8-17(9-11-18)24(27)29-2)22(26)20-13-12-19(14-21(20)30-15)32-25(28)16-6-4-3-5-7-16/h8-14,16H,3-7H2,1-2H3. The summed E-state index contributed by atoms with van der Waals surface area (Å²) >= 11 is 0. The minimum absolute atomic E-state index is 0.0512. The van der Waals surface area contributed by atoms with E-state index in [-0.39, 0.29) is 28.8 Å². The first-order chi connectivity index (χ1) is 15.5. The first-order valence-electron chi connectivity index (χ1n) is 10.6. The molecule has 166 valence electrons. The van der Waals surface area contributed by atoms with Crippen LogP contribution in [0.2, 0.25) is 0 Å². The number of rotatable bonds is 5. The number of hydrogen-bond acceptors (Lipinski definition) is 7. The molecule has 1 heterocycles. The van der Waals surface area contributed by atoms with Crippen molar-refractivity contribution in [1.82, 2.24) is 0 Å². The molecule has 0 bridgehead atoms. The molecule has 3 aromatic rings. The highest BCUT2D eigenvalue weighted by molar-refractivity contribution is 5.89. The van der Waals surface area contributed by atoms with E-state index in [1.807, 2.05) is 0 Å². The Morgan fingerprint density at radius 3 is 2.34 bits per heavy atom. The summed E-state index contributed by atoms with van der Waals surface area (Å²) in [6.45, 7) is 1.62. The number of fused-ring (bicyclic) bond motifs is 1. The maximum atomic E-state index is 13.0. The molecule has 0 unspecified atom stereocenters. The Morgan fingerprint density at radius 2 is 1.66 bits per heavy atom. The van der Waals surface area contributed by atoms with Gasteiger partial charge < -0.3 is 18.6 Å². The average Bonchev–Trinajstić information content (AvgIpc) is 2.82. The SMILES string of the molecule is COC(=O)c1ccc(Oc2c(C)oc3cc(OC(=O)C4CCCCC4)ccc3c2=O)cc1. The summed E-state index contributed by atoms with van der Waals surface area (Å²) in [5, 5.41) is 0.314. The van der Waals surface area contributed by atoms with Crippen molar-refractivity contribution in [2.75, 3.05) is 7.11 Å². The first kappa shape index (κ1) is 21.6. The molecule has 7 heteroatoms. The van der Waals surface area contributed by atoms with Crippen LogP contribution in [-0.4, -0.2) is 19.0 Å². The van der Waals surface area contributed by atoms with Gasteiger partial charge in [0, 0.05) is 6.07 Å². The van der Waals surface area contributed by atoms with Crippen molar-refractivity contribution in [2.45, 2.75) is 39.0 Å². The van der Waals surface area contributed by atoms with Gasteiger partial charge in [-0.1, -0.05) is 19.3 Å². The summed E-state index contributed by atoms with van der Waals surface area (Å²) in [5.41, 5.74) is 0.346. The smallest absolute Gasteiger partial charge is 0.337 e. The van der Waals surface area contributed by atoms with Gasteiger partial charge in [-0.3, -0.25) is 9.59 Å². The van der Waals surface area contributed by atoms with Crippen molar-refractivity contribution < 1.29 is 28.2 Å². The number of carbonyl (C=O) groups is 2. The van der Waals surface area contributed by atoms with Crippen LogP contribution >= 0.6 is 0 Å². The number of hydrogen-bond donors (Lipinski definition) is 0. The van der Waals surface area contributed by atoms with Gasteiger partial charge in [-0.2, -0.15) is 0 Å². The lowest BCUT2D eigenvalue weighted by Gasteiger charge is -2.19. The fourth-order valence-electron chi connectivity index (χ4n) is 3.88. The predicted octanol–water partition coefficient (Wildman–Crippen LogP) is 5.17. The maximum Gasteiger partial charge on any atom is 0.337 e. The molecule has 1 saturated carbocycles. The Hall–Kier alpha value is -3.61. The molecule has 2 aromatic carbocycles. The van der Waals surface area contributed by atoms with Crippen LogP contribution in [0.25, 0.3) is 11.0 Å². The summed E-state index contributed by atoms with van der Waals surface area (Å²) in [4.78, 5) is 37.0. The van der Waals surface area contributed by atoms with E-state index in [9.17, 15) is 14.4 Å². The highest BCUT2D eigenvalue weighted by Crippen LogP contribution is 2.29. The van der Waals surface area contributed by atoms with Crippen LogP contribution in [0.3, 0.4) is 0 Å². The van der Waals surface area contributed by atoms with Crippen molar-refractivity contribution in [2.24, 2.45) is 5.92 Å². The Morgan fingerprint density at radius 1 is 0.969 bits per heavy atom. The molecule has 1 fully saturated rings. The number of benzene rings is 2. The Bertz CT molecular complexity index is 1200. The predicted molar refractivity (Wildman–Crippen MR) is 117 cm³/mol. The Balaban J connectivity index is 1.56. The number of ether oxygens (including phenoxy) is 3. The van der Waals surface area contributed by atoms with Crippen LogP contribution in [0, 0.1) is 12.8 Å². The van der Waals surface area contributed by atoms with Crippen LogP contribution in [-0.2, 0) is 9.53 Å². The molecule has 0 aliphatic heterocycles. The molecule has 4 rings (SSSR count). The van der Waals surface area contributed by atoms with Crippen LogP contribution in [0.15, 0.2) is 51.7 Å². The van der Waals surface area contributed by atoms with Crippen molar-refractivity contribution in [1.29, 1.82) is 0 Å². The van der Waals surface area contributed by atoms with Crippen molar-refractivity contribution in [3.63, 3.8) is 0 Å². The summed E-state index contributed by atoms with van der Waals surface area (Å²) in [5.74, 6) is 0.296. The topological polar surface area (TPSA) is 92.0 Å². The molecule has 1 aromatic heterocycles. The molecule has 0 N–H and O–H groups in total. The Kier molecular flexibility index (Phi) is 6.25. The molecule has 7 nitrogen and oxygen atoms in total. The monoisotopic (exact) mass is 436 g/mol. The number of carbonyl (C=O) groups excluding carboxylic acids is 2. The van der Waals surface area contributed by atoms with Gasteiger partial charge >= 0.3 is 11.9 Å². The maximum absolute atomic E-state index is 13.0. The zero-order valence-corrected chi connectivity index (χ0v) is 18.0. The zero-order chi connectivity index (χ0) is 22.7. The van der Waals surface area contributed by atoms with E-state index in [4.69, 9.17) is 13.9 Å². The largest absolute Gasteiger partial charge is 0.465 e. The van der Waals surface area contributed by atoms with Crippen molar-refractivity contribution >= 4 is 22.9 Å². The van der Waals surface area contributed by atoms with E-state index >= 15 is 0 Å². The van der Waals surface area contributed by atoms with Gasteiger partial charge in [0.2, 0.25) is 11.2 Å². The van der Waals surface area contributed by atoms with Crippen LogP contribution < -0.4 is 14.9 Å². The van der Waals surface area contributed by atoms with Gasteiger partial charge in [0.1, 0.15) is 22.8 Å². The average molecular weight is 436 g/mol. The minimum Gasteiger partial charge on any atom is -0.465 e. The third-order valence-electron chi connectivity index (χ3n) is 5.64. The van der Waals surface area contributed by atoms with Crippen LogP contribution in [0.1, 0.15) is 48.2 Å². The third kappa shape index (κ3) is 4.51. The van der Waals surface area contributed by atoms with E-state index in [1.165, 1.54) is 7.11 Å². The fraction of sp³-hybridized carbons (Fsp3) is 0.320. The highest BCUT2D eigenvalue weighted by Gasteiger charge is 2.23. The third-order valence-corrected chi connectivity index (χ3v) is 5.64. The molecule has 0 spiro atoms. The highest BCUT2D eigenvalue weighted by atomic mass is 16.5. The van der Waals surface area contributed by atoms with Gasteiger partial charge in [-0.15, -0.1) is 0 Å². The van der Waals surface area contributed by atoms with Gasteiger partial charge in [-0.05, 0) is 56.2 Å². The summed E-state index contributed by atoms with van der Waals surface area (Å²) in [6.07, 6.45) is 4.94. The summed E-state index contributed by atoms with van der Waals surface area (Å²) < 4.78 is 21.8. The van der Waals surface area contributed by atoms with E-state index in [0.29, 0.717) is 28.0 Å². The van der Waals surface area contributed by atoms with Gasteiger partial charge in [0.15, 0.2) is 0 Å². The second kappa shape index (κ2) is 9.26. The first-order valence-corrected chi connectivity index (χ1v) is 10.6. The molecular weight excluding hydrogens is 412 g/mol. The van der Waals surface area contributed by atoms with E-state index in [2.05, 4.69) is 4.74 Å². The van der Waals surface area contributed by atoms with Gasteiger partial charge in [-0.25, -0.2) is 4.79 Å². The van der Waals surface area contributed by atoms with Crippen molar-refractivity contribution in [3.05, 3.63) is 64.0 Å². The molecule has 1 aliphatic rings. The second-order valence-corrected chi connectivity index (χ2v) is 7.85. The summed E-state index contributed by atoms with van der Waals surface area (Å²) in [6, 6.07) is 10.9. The fourth-order valence-corrected chi connectivity index (χ4v) is 3.88. The van der Waals surface area contributed by atoms with E-state index in [1.54, 1.807) is 49.4 Å². The van der Waals surface area contributed by atoms with E-state index < -0.39 is 5.97 Å². The number of aryl methyl sites for hydroxylation is 1. The van der Waals surface area contributed by atoms with Crippen molar-refractivity contribution in [3.8, 4) is 17.2 Å². The molecule has 0 radical (unpaired) electrons. The molecule has 1 aliphatic carbocycles. The zero-order valence-electron chi connectivity index (χ0n) is 18.0. The Labute approximate surface area is 184 Å². The number of esters is 2. The van der Waals surface area contributed by atoms with Gasteiger partial charge in [0.25, 0.3) is 0 Å². The molecule has 0 atom stereocenters.